The van der Waals surface area contributed by atoms with E-state index in [0.717, 1.165) is 17.5 Å². The average Bonchev–Trinajstić information content (AvgIpc) is 2.60. The molecule has 1 aromatic rings. The first-order valence-corrected chi connectivity index (χ1v) is 8.35. The molecule has 0 fully saturated rings. The van der Waals surface area contributed by atoms with Crippen LogP contribution in [0.1, 0.15) is 36.9 Å². The lowest BCUT2D eigenvalue weighted by molar-refractivity contribution is -0.143. The summed E-state index contributed by atoms with van der Waals surface area (Å²) < 4.78 is 16.0. The van der Waals surface area contributed by atoms with Crippen molar-refractivity contribution in [3.63, 3.8) is 0 Å². The molecule has 0 saturated carbocycles. The first-order chi connectivity index (χ1) is 12.0. The third-order valence-electron chi connectivity index (χ3n) is 4.26. The molecule has 1 aromatic carbocycles. The number of carbonyl (C=O) groups excluding carboxylic acids is 1. The lowest BCUT2D eigenvalue weighted by Crippen LogP contribution is -2.42. The highest BCUT2D eigenvalue weighted by Gasteiger charge is 2.33. The van der Waals surface area contributed by atoms with Gasteiger partial charge in [-0.25, -0.2) is 0 Å². The summed E-state index contributed by atoms with van der Waals surface area (Å²) in [6.07, 6.45) is 1.29. The van der Waals surface area contributed by atoms with E-state index in [2.05, 4.69) is 0 Å². The van der Waals surface area contributed by atoms with Crippen molar-refractivity contribution in [1.29, 1.82) is 0 Å². The average molecular weight is 351 g/mol. The third kappa shape index (κ3) is 4.42. The van der Waals surface area contributed by atoms with Crippen molar-refractivity contribution in [2.45, 2.75) is 32.2 Å². The minimum absolute atomic E-state index is 0.0351. The topological polar surface area (TPSA) is 85.3 Å². The maximum absolute atomic E-state index is 12.5. The van der Waals surface area contributed by atoms with Crippen molar-refractivity contribution in [1.82, 2.24) is 4.90 Å². The maximum Gasteiger partial charge on any atom is 0.305 e. The van der Waals surface area contributed by atoms with Gasteiger partial charge in [-0.1, -0.05) is 6.92 Å². The van der Waals surface area contributed by atoms with E-state index in [1.807, 2.05) is 13.0 Å². The molecule has 138 valence electrons. The number of carbonyl (C=O) groups is 2. The van der Waals surface area contributed by atoms with Crippen LogP contribution in [0.2, 0.25) is 0 Å². The summed E-state index contributed by atoms with van der Waals surface area (Å²) in [5.74, 6) is -0.0328. The number of amides is 1. The standard InChI is InChI=1S/C18H25NO6/c1-4-7-25-11-17(20)19-6-5-12-8-15(23-2)16(24-3)9-13(12)14(19)10-18(21)22/h8-9,14H,4-7,10-11H2,1-3H3,(H,21,22). The van der Waals surface area contributed by atoms with E-state index in [0.29, 0.717) is 31.1 Å². The molecular formula is C18H25NO6. The zero-order valence-corrected chi connectivity index (χ0v) is 14.9. The number of carboxylic acids is 1. The largest absolute Gasteiger partial charge is 0.493 e. The van der Waals surface area contributed by atoms with Crippen molar-refractivity contribution < 1.29 is 28.9 Å². The van der Waals surface area contributed by atoms with Crippen LogP contribution in [0, 0.1) is 0 Å². The number of methoxy groups -OCH3 is 2. The quantitative estimate of drug-likeness (QED) is 0.722. The summed E-state index contributed by atoms with van der Waals surface area (Å²) in [5.41, 5.74) is 1.76. The van der Waals surface area contributed by atoms with E-state index in [9.17, 15) is 14.7 Å². The third-order valence-corrected chi connectivity index (χ3v) is 4.26. The molecule has 1 amide bonds. The Labute approximate surface area is 147 Å². The summed E-state index contributed by atoms with van der Waals surface area (Å²) in [6, 6.07) is 3.09. The number of fused-ring (bicyclic) bond motifs is 1. The van der Waals surface area contributed by atoms with E-state index < -0.39 is 12.0 Å². The summed E-state index contributed by atoms with van der Waals surface area (Å²) >= 11 is 0. The predicted molar refractivity (Wildman–Crippen MR) is 91.1 cm³/mol. The number of ether oxygens (including phenoxy) is 3. The van der Waals surface area contributed by atoms with Crippen LogP contribution in [-0.2, 0) is 20.7 Å². The van der Waals surface area contributed by atoms with Crippen LogP contribution in [0.4, 0.5) is 0 Å². The fraction of sp³-hybridized carbons (Fsp3) is 0.556. The second kappa shape index (κ2) is 8.71. The van der Waals surface area contributed by atoms with Gasteiger partial charge < -0.3 is 24.2 Å². The van der Waals surface area contributed by atoms with Crippen molar-refractivity contribution in [2.24, 2.45) is 0 Å². The molecule has 0 radical (unpaired) electrons. The molecule has 1 unspecified atom stereocenters. The van der Waals surface area contributed by atoms with Crippen LogP contribution in [0.25, 0.3) is 0 Å². The summed E-state index contributed by atoms with van der Waals surface area (Å²) in [4.78, 5) is 25.5. The van der Waals surface area contributed by atoms with E-state index in [4.69, 9.17) is 14.2 Å². The molecule has 7 nitrogen and oxygen atoms in total. The normalized spacial score (nSPS) is 16.3. The Hall–Kier alpha value is -2.28. The van der Waals surface area contributed by atoms with Crippen molar-refractivity contribution in [2.75, 3.05) is 34.0 Å². The van der Waals surface area contributed by atoms with Crippen LogP contribution in [-0.4, -0.2) is 55.9 Å². The SMILES string of the molecule is CCCOCC(=O)N1CCc2cc(OC)c(OC)cc2C1CC(=O)O. The van der Waals surface area contributed by atoms with E-state index >= 15 is 0 Å². The number of benzene rings is 1. The number of nitrogens with zero attached hydrogens (tertiary/aromatic N) is 1. The van der Waals surface area contributed by atoms with Gasteiger partial charge in [0, 0.05) is 13.2 Å². The molecule has 0 saturated heterocycles. The van der Waals surface area contributed by atoms with E-state index in [-0.39, 0.29) is 18.9 Å². The minimum atomic E-state index is -0.958. The number of rotatable bonds is 8. The molecule has 1 aliphatic rings. The number of hydrogen-bond acceptors (Lipinski definition) is 5. The first kappa shape index (κ1) is 19.1. The van der Waals surface area contributed by atoms with Crippen LogP contribution in [0.3, 0.4) is 0 Å². The van der Waals surface area contributed by atoms with Gasteiger partial charge in [0.25, 0.3) is 0 Å². The van der Waals surface area contributed by atoms with Crippen LogP contribution in [0.5, 0.6) is 11.5 Å². The van der Waals surface area contributed by atoms with Gasteiger partial charge in [-0.05, 0) is 36.1 Å². The van der Waals surface area contributed by atoms with Gasteiger partial charge in [-0.3, -0.25) is 9.59 Å². The zero-order valence-electron chi connectivity index (χ0n) is 14.9. The molecule has 1 N–H and O–H groups in total. The molecule has 1 atom stereocenters. The summed E-state index contributed by atoms with van der Waals surface area (Å²) in [6.45, 7) is 2.89. The van der Waals surface area contributed by atoms with E-state index in [1.54, 1.807) is 18.1 Å². The van der Waals surface area contributed by atoms with Gasteiger partial charge in [-0.2, -0.15) is 0 Å². The number of carboxylic acid groups (broad SMARTS) is 1. The molecule has 0 spiro atoms. The molecule has 0 aromatic heterocycles. The molecule has 0 aliphatic carbocycles. The number of aliphatic carboxylic acids is 1. The van der Waals surface area contributed by atoms with E-state index in [1.165, 1.54) is 7.11 Å². The van der Waals surface area contributed by atoms with Crippen LogP contribution >= 0.6 is 0 Å². The fourth-order valence-corrected chi connectivity index (χ4v) is 3.10. The lowest BCUT2D eigenvalue weighted by atomic mass is 9.90. The maximum atomic E-state index is 12.5. The molecular weight excluding hydrogens is 326 g/mol. The van der Waals surface area contributed by atoms with Crippen molar-refractivity contribution >= 4 is 11.9 Å². The zero-order chi connectivity index (χ0) is 18.4. The highest BCUT2D eigenvalue weighted by Crippen LogP contribution is 2.39. The highest BCUT2D eigenvalue weighted by molar-refractivity contribution is 5.79. The smallest absolute Gasteiger partial charge is 0.305 e. The van der Waals surface area contributed by atoms with Gasteiger partial charge in [0.2, 0.25) is 5.91 Å². The second-order valence-electron chi connectivity index (χ2n) is 5.91. The molecule has 2 rings (SSSR count). The summed E-state index contributed by atoms with van der Waals surface area (Å²) in [5, 5.41) is 9.31. The Morgan fingerprint density at radius 1 is 1.24 bits per heavy atom. The highest BCUT2D eigenvalue weighted by atomic mass is 16.5. The fourth-order valence-electron chi connectivity index (χ4n) is 3.10. The molecule has 1 aliphatic heterocycles. The Morgan fingerprint density at radius 3 is 2.52 bits per heavy atom. The van der Waals surface area contributed by atoms with Crippen LogP contribution in [0.15, 0.2) is 12.1 Å². The molecule has 7 heteroatoms. The Balaban J connectivity index is 2.33. The number of hydrogen-bond donors (Lipinski definition) is 1. The predicted octanol–water partition coefficient (Wildman–Crippen LogP) is 2.03. The van der Waals surface area contributed by atoms with Gasteiger partial charge in [0.15, 0.2) is 11.5 Å². The van der Waals surface area contributed by atoms with Gasteiger partial charge in [0.1, 0.15) is 6.61 Å². The summed E-state index contributed by atoms with van der Waals surface area (Å²) in [7, 11) is 3.09. The Kier molecular flexibility index (Phi) is 6.64. The van der Waals surface area contributed by atoms with Crippen LogP contribution < -0.4 is 9.47 Å². The monoisotopic (exact) mass is 351 g/mol. The molecule has 1 heterocycles. The first-order valence-electron chi connectivity index (χ1n) is 8.35. The van der Waals surface area contributed by atoms with Gasteiger partial charge in [-0.15, -0.1) is 0 Å². The lowest BCUT2D eigenvalue weighted by Gasteiger charge is -2.37. The van der Waals surface area contributed by atoms with Crippen molar-refractivity contribution in [3.8, 4) is 11.5 Å². The minimum Gasteiger partial charge on any atom is -0.493 e. The van der Waals surface area contributed by atoms with Gasteiger partial charge in [0.05, 0.1) is 26.7 Å². The van der Waals surface area contributed by atoms with Crippen molar-refractivity contribution in [3.05, 3.63) is 23.3 Å². The van der Waals surface area contributed by atoms with Gasteiger partial charge >= 0.3 is 5.97 Å². The Bertz CT molecular complexity index is 630. The molecule has 25 heavy (non-hydrogen) atoms. The molecule has 0 bridgehead atoms. The Morgan fingerprint density at radius 2 is 1.92 bits per heavy atom. The second-order valence-corrected chi connectivity index (χ2v) is 5.91.